The van der Waals surface area contributed by atoms with Crippen LogP contribution >= 0.6 is 11.3 Å². The first-order valence-corrected chi connectivity index (χ1v) is 11.0. The molecule has 27 heavy (non-hydrogen) atoms. The molecule has 5 heteroatoms. The van der Waals surface area contributed by atoms with Crippen LogP contribution < -0.4 is 4.74 Å². The summed E-state index contributed by atoms with van der Waals surface area (Å²) in [5.74, 6) is 1.11. The van der Waals surface area contributed by atoms with Gasteiger partial charge in [0, 0.05) is 48.2 Å². The van der Waals surface area contributed by atoms with Crippen molar-refractivity contribution in [2.75, 3.05) is 26.2 Å². The fourth-order valence-electron chi connectivity index (χ4n) is 4.70. The monoisotopic (exact) mass is 382 g/mol. The summed E-state index contributed by atoms with van der Waals surface area (Å²) in [6.07, 6.45) is 6.81. The van der Waals surface area contributed by atoms with Gasteiger partial charge in [0.15, 0.2) is 0 Å². The molecule has 0 atom stereocenters. The molecular weight excluding hydrogens is 356 g/mol. The van der Waals surface area contributed by atoms with E-state index in [4.69, 9.17) is 4.74 Å². The van der Waals surface area contributed by atoms with Crippen molar-refractivity contribution in [3.63, 3.8) is 0 Å². The molecule has 2 fully saturated rings. The lowest BCUT2D eigenvalue weighted by molar-refractivity contribution is 0.0527. The van der Waals surface area contributed by atoms with Crippen LogP contribution in [0.5, 0.6) is 5.75 Å². The van der Waals surface area contributed by atoms with E-state index in [-0.39, 0.29) is 5.91 Å². The third-order valence-corrected chi connectivity index (χ3v) is 7.43. The van der Waals surface area contributed by atoms with Gasteiger partial charge in [0.2, 0.25) is 0 Å². The van der Waals surface area contributed by atoms with Gasteiger partial charge in [0.05, 0.1) is 4.88 Å². The predicted octanol–water partition coefficient (Wildman–Crippen LogP) is 4.40. The molecule has 1 aromatic carbocycles. The number of para-hydroxylation sites is 1. The second-order valence-corrected chi connectivity index (χ2v) is 8.92. The van der Waals surface area contributed by atoms with Gasteiger partial charge in [0.25, 0.3) is 5.91 Å². The van der Waals surface area contributed by atoms with Crippen LogP contribution in [0, 0.1) is 0 Å². The van der Waals surface area contributed by atoms with Gasteiger partial charge < -0.3 is 9.64 Å². The molecule has 1 aliphatic carbocycles. The first-order valence-electron chi connectivity index (χ1n) is 10.2. The van der Waals surface area contributed by atoms with E-state index in [1.807, 2.05) is 29.2 Å². The van der Waals surface area contributed by atoms with Crippen LogP contribution in [0.15, 0.2) is 30.3 Å². The number of piperazine rings is 1. The van der Waals surface area contributed by atoms with Gasteiger partial charge in [-0.25, -0.2) is 0 Å². The maximum atomic E-state index is 13.1. The topological polar surface area (TPSA) is 32.8 Å². The third kappa shape index (κ3) is 3.27. The van der Waals surface area contributed by atoms with E-state index in [0.29, 0.717) is 6.61 Å². The van der Waals surface area contributed by atoms with Crippen LogP contribution in [-0.4, -0.2) is 47.9 Å². The number of hydrogen-bond acceptors (Lipinski definition) is 4. The Hall–Kier alpha value is -1.85. The summed E-state index contributed by atoms with van der Waals surface area (Å²) in [6.45, 7) is 4.31. The van der Waals surface area contributed by atoms with Gasteiger partial charge in [-0.05, 0) is 31.0 Å². The summed E-state index contributed by atoms with van der Waals surface area (Å²) in [7, 11) is 0. The molecule has 3 heterocycles. The number of carbonyl (C=O) groups excluding carboxylic acids is 1. The van der Waals surface area contributed by atoms with Crippen molar-refractivity contribution < 1.29 is 9.53 Å². The fourth-order valence-corrected chi connectivity index (χ4v) is 5.86. The molecule has 0 radical (unpaired) electrons. The molecule has 2 aromatic rings. The molecule has 0 bridgehead atoms. The Kier molecular flexibility index (Phi) is 4.66. The zero-order chi connectivity index (χ0) is 18.2. The molecule has 0 spiro atoms. The predicted molar refractivity (Wildman–Crippen MR) is 108 cm³/mol. The standard InChI is InChI=1S/C22H26N2O2S/c25-22(24-12-10-23(11-13-24)17-6-2-1-3-7-17)20-14-16-15-26-19-9-5-4-8-18(19)21(16)27-20/h4-5,8-9,14,17H,1-3,6-7,10-13,15H2. The summed E-state index contributed by atoms with van der Waals surface area (Å²) >= 11 is 1.62. The fraction of sp³-hybridized carbons (Fsp3) is 0.500. The molecule has 1 saturated heterocycles. The zero-order valence-electron chi connectivity index (χ0n) is 15.7. The lowest BCUT2D eigenvalue weighted by Gasteiger charge is -2.40. The molecule has 1 saturated carbocycles. The van der Waals surface area contributed by atoms with Crippen molar-refractivity contribution in [2.24, 2.45) is 0 Å². The lowest BCUT2D eigenvalue weighted by atomic mass is 9.94. The van der Waals surface area contributed by atoms with E-state index in [0.717, 1.165) is 54.0 Å². The minimum absolute atomic E-state index is 0.190. The molecule has 5 rings (SSSR count). The maximum Gasteiger partial charge on any atom is 0.264 e. The number of benzene rings is 1. The highest BCUT2D eigenvalue weighted by atomic mass is 32.1. The second kappa shape index (κ2) is 7.28. The largest absolute Gasteiger partial charge is 0.488 e. The van der Waals surface area contributed by atoms with Crippen LogP contribution in [0.25, 0.3) is 10.4 Å². The molecule has 142 valence electrons. The summed E-state index contributed by atoms with van der Waals surface area (Å²) in [5.41, 5.74) is 2.26. The highest BCUT2D eigenvalue weighted by molar-refractivity contribution is 7.17. The second-order valence-electron chi connectivity index (χ2n) is 7.87. The quantitative estimate of drug-likeness (QED) is 0.772. The van der Waals surface area contributed by atoms with Crippen molar-refractivity contribution in [3.8, 4) is 16.2 Å². The van der Waals surface area contributed by atoms with E-state index in [1.165, 1.54) is 37.0 Å². The number of fused-ring (bicyclic) bond motifs is 3. The van der Waals surface area contributed by atoms with E-state index in [9.17, 15) is 4.79 Å². The van der Waals surface area contributed by atoms with Crippen molar-refractivity contribution in [1.82, 2.24) is 9.80 Å². The van der Waals surface area contributed by atoms with Crippen molar-refractivity contribution in [3.05, 3.63) is 40.8 Å². The molecule has 2 aliphatic heterocycles. The van der Waals surface area contributed by atoms with Gasteiger partial charge in [0.1, 0.15) is 12.4 Å². The van der Waals surface area contributed by atoms with E-state index < -0.39 is 0 Å². The molecule has 0 unspecified atom stereocenters. The zero-order valence-corrected chi connectivity index (χ0v) is 16.5. The summed E-state index contributed by atoms with van der Waals surface area (Å²) in [4.78, 5) is 19.8. The van der Waals surface area contributed by atoms with E-state index >= 15 is 0 Å². The molecular formula is C22H26N2O2S. The number of carbonyl (C=O) groups is 1. The van der Waals surface area contributed by atoms with Gasteiger partial charge in [-0.3, -0.25) is 9.69 Å². The van der Waals surface area contributed by atoms with Crippen LogP contribution in [0.1, 0.15) is 47.3 Å². The van der Waals surface area contributed by atoms with Gasteiger partial charge in [-0.2, -0.15) is 0 Å². The Balaban J connectivity index is 1.28. The Bertz CT molecular complexity index is 833. The number of hydrogen-bond donors (Lipinski definition) is 0. The van der Waals surface area contributed by atoms with Crippen LogP contribution in [0.4, 0.5) is 0 Å². The first-order chi connectivity index (χ1) is 13.3. The Labute approximate surface area is 164 Å². The third-order valence-electron chi connectivity index (χ3n) is 6.23. The number of amides is 1. The number of rotatable bonds is 2. The smallest absolute Gasteiger partial charge is 0.264 e. The van der Waals surface area contributed by atoms with E-state index in [1.54, 1.807) is 11.3 Å². The molecule has 3 aliphatic rings. The highest BCUT2D eigenvalue weighted by Gasteiger charge is 2.29. The van der Waals surface area contributed by atoms with Gasteiger partial charge in [-0.15, -0.1) is 11.3 Å². The minimum Gasteiger partial charge on any atom is -0.488 e. The normalized spacial score (nSPS) is 20.7. The van der Waals surface area contributed by atoms with E-state index in [2.05, 4.69) is 11.0 Å². The first kappa shape index (κ1) is 17.3. The lowest BCUT2D eigenvalue weighted by Crippen LogP contribution is -2.52. The molecule has 1 amide bonds. The van der Waals surface area contributed by atoms with Gasteiger partial charge >= 0.3 is 0 Å². The van der Waals surface area contributed by atoms with Crippen LogP contribution in [0.2, 0.25) is 0 Å². The molecule has 4 nitrogen and oxygen atoms in total. The van der Waals surface area contributed by atoms with Crippen LogP contribution in [-0.2, 0) is 6.61 Å². The minimum atomic E-state index is 0.190. The molecule has 1 aromatic heterocycles. The Morgan fingerprint density at radius 2 is 1.81 bits per heavy atom. The average molecular weight is 383 g/mol. The van der Waals surface area contributed by atoms with Crippen molar-refractivity contribution >= 4 is 17.2 Å². The SMILES string of the molecule is O=C(c1cc2c(s1)-c1ccccc1OC2)N1CCN(C2CCCCC2)CC1. The van der Waals surface area contributed by atoms with Crippen molar-refractivity contribution in [2.45, 2.75) is 44.8 Å². The summed E-state index contributed by atoms with van der Waals surface area (Å²) < 4.78 is 5.84. The average Bonchev–Trinajstić information content (AvgIpc) is 3.19. The number of thiophene rings is 1. The summed E-state index contributed by atoms with van der Waals surface area (Å²) in [6, 6.07) is 10.9. The maximum absolute atomic E-state index is 13.1. The Morgan fingerprint density at radius 3 is 2.63 bits per heavy atom. The van der Waals surface area contributed by atoms with Crippen molar-refractivity contribution in [1.29, 1.82) is 0 Å². The highest BCUT2D eigenvalue weighted by Crippen LogP contribution is 2.42. The number of nitrogens with zero attached hydrogens (tertiary/aromatic N) is 2. The van der Waals surface area contributed by atoms with Gasteiger partial charge in [-0.1, -0.05) is 31.4 Å². The summed E-state index contributed by atoms with van der Waals surface area (Å²) in [5, 5.41) is 0. The Morgan fingerprint density at radius 1 is 1.04 bits per heavy atom. The number of ether oxygens (including phenoxy) is 1. The van der Waals surface area contributed by atoms with Crippen LogP contribution in [0.3, 0.4) is 0 Å². The molecule has 0 N–H and O–H groups in total.